The monoisotopic (exact) mass is 240 g/mol. The Morgan fingerprint density at radius 3 is 2.41 bits per heavy atom. The molecule has 0 saturated heterocycles. The molecular formula is C10H12N2O5. The van der Waals surface area contributed by atoms with Crippen molar-refractivity contribution in [2.75, 3.05) is 7.05 Å². The molecule has 2 N–H and O–H groups in total. The van der Waals surface area contributed by atoms with E-state index in [4.69, 9.17) is 9.90 Å². The molecule has 0 aliphatic carbocycles. The molecule has 0 aliphatic heterocycles. The molecule has 0 bridgehead atoms. The molecule has 1 amide bonds. The Hall–Kier alpha value is -2.44. The van der Waals surface area contributed by atoms with Crippen molar-refractivity contribution in [1.29, 1.82) is 0 Å². The van der Waals surface area contributed by atoms with E-state index in [0.29, 0.717) is 12.0 Å². The maximum atomic E-state index is 10.5. The van der Waals surface area contributed by atoms with Crippen LogP contribution in [0.25, 0.3) is 0 Å². The van der Waals surface area contributed by atoms with E-state index in [1.807, 2.05) is 0 Å². The third-order valence-electron chi connectivity index (χ3n) is 1.70. The minimum absolute atomic E-state index is 0.282. The molecule has 0 fully saturated rings. The first-order valence-electron chi connectivity index (χ1n) is 4.53. The minimum atomic E-state index is -1.29. The van der Waals surface area contributed by atoms with Crippen LogP contribution in [0.5, 0.6) is 0 Å². The molecule has 92 valence electrons. The van der Waals surface area contributed by atoms with Crippen LogP contribution in [0.15, 0.2) is 18.2 Å². The largest absolute Gasteiger partial charge is 0.477 e. The zero-order chi connectivity index (χ0) is 13.4. The van der Waals surface area contributed by atoms with E-state index in [9.17, 15) is 14.9 Å². The normalized spacial score (nSPS) is 8.59. The van der Waals surface area contributed by atoms with E-state index in [1.54, 1.807) is 14.0 Å². The smallest absolute Gasteiger partial charge is 0.342 e. The van der Waals surface area contributed by atoms with Crippen molar-refractivity contribution in [2.24, 2.45) is 0 Å². The molecule has 0 spiro atoms. The van der Waals surface area contributed by atoms with Crippen molar-refractivity contribution in [3.05, 3.63) is 39.4 Å². The van der Waals surface area contributed by atoms with Crippen molar-refractivity contribution in [3.8, 4) is 0 Å². The lowest BCUT2D eigenvalue weighted by Crippen LogP contribution is -2.02. The first-order chi connectivity index (χ1) is 7.93. The first kappa shape index (κ1) is 14.6. The van der Waals surface area contributed by atoms with Crippen LogP contribution in [0, 0.1) is 17.0 Å². The number of amides is 1. The van der Waals surface area contributed by atoms with Gasteiger partial charge in [0.1, 0.15) is 5.56 Å². The number of hydrogen-bond acceptors (Lipinski definition) is 4. The predicted octanol–water partition coefficient (Wildman–Crippen LogP) is 0.964. The molecule has 1 aromatic rings. The molecule has 7 nitrogen and oxygen atoms in total. The molecule has 0 aliphatic rings. The maximum Gasteiger partial charge on any atom is 0.342 e. The summed E-state index contributed by atoms with van der Waals surface area (Å²) < 4.78 is 0. The zero-order valence-electron chi connectivity index (χ0n) is 9.34. The van der Waals surface area contributed by atoms with Gasteiger partial charge in [0, 0.05) is 13.1 Å². The average Bonchev–Trinajstić information content (AvgIpc) is 2.28. The fraction of sp³-hybridized carbons (Fsp3) is 0.200. The van der Waals surface area contributed by atoms with Crippen molar-refractivity contribution in [2.45, 2.75) is 6.92 Å². The van der Waals surface area contributed by atoms with Crippen molar-refractivity contribution >= 4 is 18.1 Å². The maximum absolute atomic E-state index is 10.5. The Morgan fingerprint density at radius 1 is 1.53 bits per heavy atom. The van der Waals surface area contributed by atoms with E-state index in [-0.39, 0.29) is 11.3 Å². The lowest BCUT2D eigenvalue weighted by molar-refractivity contribution is -0.385. The molecule has 0 heterocycles. The highest BCUT2D eigenvalue weighted by atomic mass is 16.6. The molecule has 0 saturated carbocycles. The number of carbonyl (C=O) groups excluding carboxylic acids is 1. The van der Waals surface area contributed by atoms with Gasteiger partial charge in [-0.1, -0.05) is 6.07 Å². The van der Waals surface area contributed by atoms with Crippen molar-refractivity contribution < 1.29 is 19.6 Å². The summed E-state index contributed by atoms with van der Waals surface area (Å²) in [6.07, 6.45) is 0.625. The highest BCUT2D eigenvalue weighted by molar-refractivity contribution is 5.92. The van der Waals surface area contributed by atoms with E-state index in [1.165, 1.54) is 18.2 Å². The molecule has 0 aromatic heterocycles. The number of nitro benzene ring substituents is 1. The Morgan fingerprint density at radius 2 is 2.06 bits per heavy atom. The summed E-state index contributed by atoms with van der Waals surface area (Å²) in [6.45, 7) is 1.67. The third-order valence-corrected chi connectivity index (χ3v) is 1.70. The van der Waals surface area contributed by atoms with Gasteiger partial charge in [0.15, 0.2) is 0 Å². The number of rotatable bonds is 3. The summed E-state index contributed by atoms with van der Waals surface area (Å²) in [4.78, 5) is 29.3. The first-order valence-corrected chi connectivity index (χ1v) is 4.53. The standard InChI is InChI=1S/C8H7NO4.C2H5NO/c1-5-2-3-6(8(10)11)7(4-5)9(12)13;1-3-2-4/h2-4H,1H3,(H,10,11);2H,1H3,(H,3,4). The quantitative estimate of drug-likeness (QED) is 0.464. The van der Waals surface area contributed by atoms with Crippen LogP contribution in [0.2, 0.25) is 0 Å². The molecular weight excluding hydrogens is 228 g/mol. The van der Waals surface area contributed by atoms with Gasteiger partial charge in [0.05, 0.1) is 4.92 Å². The van der Waals surface area contributed by atoms with Gasteiger partial charge in [-0.15, -0.1) is 0 Å². The highest BCUT2D eigenvalue weighted by Crippen LogP contribution is 2.19. The van der Waals surface area contributed by atoms with E-state index < -0.39 is 10.9 Å². The number of carbonyl (C=O) groups is 2. The van der Waals surface area contributed by atoms with Gasteiger partial charge in [0.2, 0.25) is 6.41 Å². The van der Waals surface area contributed by atoms with Gasteiger partial charge in [-0.3, -0.25) is 14.9 Å². The van der Waals surface area contributed by atoms with Crippen LogP contribution in [-0.4, -0.2) is 29.5 Å². The Bertz CT molecular complexity index is 431. The second-order valence-corrected chi connectivity index (χ2v) is 2.99. The molecule has 1 aromatic carbocycles. The predicted molar refractivity (Wildman–Crippen MR) is 59.9 cm³/mol. The van der Waals surface area contributed by atoms with Crippen LogP contribution < -0.4 is 5.32 Å². The van der Waals surface area contributed by atoms with Crippen molar-refractivity contribution in [3.63, 3.8) is 0 Å². The Labute approximate surface area is 97.2 Å². The van der Waals surface area contributed by atoms with E-state index in [2.05, 4.69) is 5.32 Å². The number of nitrogens with one attached hydrogen (secondary N) is 1. The van der Waals surface area contributed by atoms with Gasteiger partial charge in [-0.05, 0) is 18.6 Å². The third kappa shape index (κ3) is 4.74. The van der Waals surface area contributed by atoms with Gasteiger partial charge in [0.25, 0.3) is 5.69 Å². The number of aryl methyl sites for hydroxylation is 1. The summed E-state index contributed by atoms with van der Waals surface area (Å²) in [5.74, 6) is -1.29. The molecule has 7 heteroatoms. The SMILES string of the molecule is CNC=O.Cc1ccc(C(=O)O)c([N+](=O)[O-])c1. The summed E-state index contributed by atoms with van der Waals surface area (Å²) in [5.41, 5.74) is 0.0137. The lowest BCUT2D eigenvalue weighted by atomic mass is 10.1. The summed E-state index contributed by atoms with van der Waals surface area (Å²) in [5, 5.41) is 21.3. The topological polar surface area (TPSA) is 110 Å². The van der Waals surface area contributed by atoms with Crippen LogP contribution in [0.3, 0.4) is 0 Å². The number of nitro groups is 1. The zero-order valence-corrected chi connectivity index (χ0v) is 9.34. The second-order valence-electron chi connectivity index (χ2n) is 2.99. The molecule has 17 heavy (non-hydrogen) atoms. The van der Waals surface area contributed by atoms with Crippen LogP contribution >= 0.6 is 0 Å². The number of carboxylic acids is 1. The second kappa shape index (κ2) is 6.94. The van der Waals surface area contributed by atoms with Gasteiger partial charge in [-0.2, -0.15) is 0 Å². The van der Waals surface area contributed by atoms with Gasteiger partial charge >= 0.3 is 5.97 Å². The minimum Gasteiger partial charge on any atom is -0.477 e. The number of carboxylic acid groups (broad SMARTS) is 1. The Kier molecular flexibility index (Phi) is 5.94. The fourth-order valence-corrected chi connectivity index (χ4v) is 0.974. The van der Waals surface area contributed by atoms with Crippen LogP contribution in [-0.2, 0) is 4.79 Å². The lowest BCUT2D eigenvalue weighted by Gasteiger charge is -1.98. The van der Waals surface area contributed by atoms with Gasteiger partial charge in [-0.25, -0.2) is 4.79 Å². The molecule has 1 rings (SSSR count). The van der Waals surface area contributed by atoms with Crippen LogP contribution in [0.1, 0.15) is 15.9 Å². The number of nitrogens with zero attached hydrogens (tertiary/aromatic N) is 1. The number of aromatic carboxylic acids is 1. The van der Waals surface area contributed by atoms with Gasteiger partial charge < -0.3 is 10.4 Å². The van der Waals surface area contributed by atoms with E-state index >= 15 is 0 Å². The number of hydrogen-bond donors (Lipinski definition) is 2. The van der Waals surface area contributed by atoms with Crippen LogP contribution in [0.4, 0.5) is 5.69 Å². The number of benzene rings is 1. The summed E-state index contributed by atoms with van der Waals surface area (Å²) >= 11 is 0. The fourth-order valence-electron chi connectivity index (χ4n) is 0.974. The average molecular weight is 240 g/mol. The molecule has 0 atom stereocenters. The van der Waals surface area contributed by atoms with Crippen molar-refractivity contribution in [1.82, 2.24) is 5.32 Å². The molecule has 0 unspecified atom stereocenters. The van der Waals surface area contributed by atoms with E-state index in [0.717, 1.165) is 0 Å². The highest BCUT2D eigenvalue weighted by Gasteiger charge is 2.18. The Balaban J connectivity index is 0.000000557. The summed E-state index contributed by atoms with van der Waals surface area (Å²) in [7, 11) is 1.56. The molecule has 0 radical (unpaired) electrons. The summed E-state index contributed by atoms with van der Waals surface area (Å²) in [6, 6.07) is 4.00.